The van der Waals surface area contributed by atoms with Crippen LogP contribution in [-0.2, 0) is 17.7 Å². The lowest BCUT2D eigenvalue weighted by Crippen LogP contribution is -2.29. The van der Waals surface area contributed by atoms with Crippen LogP contribution in [0.2, 0.25) is 0 Å². The van der Waals surface area contributed by atoms with Crippen molar-refractivity contribution in [2.24, 2.45) is 5.92 Å². The molecule has 1 unspecified atom stereocenters. The Morgan fingerprint density at radius 1 is 1.35 bits per heavy atom. The monoisotopic (exact) mass is 274 g/mol. The lowest BCUT2D eigenvalue weighted by molar-refractivity contribution is 0.0547. The average molecular weight is 274 g/mol. The van der Waals surface area contributed by atoms with E-state index in [0.29, 0.717) is 5.92 Å². The molecule has 2 heterocycles. The number of nitrogens with zero attached hydrogens (tertiary/aromatic N) is 1. The second-order valence-corrected chi connectivity index (χ2v) is 6.20. The molecule has 0 bridgehead atoms. The molecule has 0 amide bonds. The summed E-state index contributed by atoms with van der Waals surface area (Å²) in [4.78, 5) is 2.37. The van der Waals surface area contributed by atoms with E-state index in [1.165, 1.54) is 49.0 Å². The second-order valence-electron chi connectivity index (χ2n) is 6.20. The molecule has 0 saturated carbocycles. The molecule has 20 heavy (non-hydrogen) atoms. The van der Waals surface area contributed by atoms with Crippen molar-refractivity contribution in [2.75, 3.05) is 38.3 Å². The summed E-state index contributed by atoms with van der Waals surface area (Å²) in [7, 11) is 2.19. The van der Waals surface area contributed by atoms with Crippen molar-refractivity contribution in [2.45, 2.75) is 32.2 Å². The van der Waals surface area contributed by atoms with Crippen LogP contribution >= 0.6 is 0 Å². The van der Waals surface area contributed by atoms with Crippen molar-refractivity contribution >= 4 is 5.69 Å². The van der Waals surface area contributed by atoms with Gasteiger partial charge in [0.25, 0.3) is 0 Å². The van der Waals surface area contributed by atoms with Crippen molar-refractivity contribution in [3.05, 3.63) is 29.3 Å². The fraction of sp³-hybridized carbons (Fsp3) is 0.647. The van der Waals surface area contributed by atoms with Crippen molar-refractivity contribution < 1.29 is 4.74 Å². The van der Waals surface area contributed by atoms with Gasteiger partial charge in [0.1, 0.15) is 0 Å². The molecule has 1 N–H and O–H groups in total. The number of rotatable bonds is 4. The molecule has 2 aliphatic rings. The first kappa shape index (κ1) is 13.9. The third-order valence-corrected chi connectivity index (χ3v) is 4.51. The van der Waals surface area contributed by atoms with Crippen LogP contribution in [0.3, 0.4) is 0 Å². The minimum absolute atomic E-state index is 0.701. The van der Waals surface area contributed by atoms with Crippen LogP contribution in [0.15, 0.2) is 18.2 Å². The summed E-state index contributed by atoms with van der Waals surface area (Å²) in [5.41, 5.74) is 4.34. The molecule has 0 spiro atoms. The van der Waals surface area contributed by atoms with E-state index in [4.69, 9.17) is 4.74 Å². The Bertz CT molecular complexity index is 441. The molecule has 1 fully saturated rings. The topological polar surface area (TPSA) is 24.5 Å². The first-order valence-electron chi connectivity index (χ1n) is 7.94. The standard InChI is InChI=1S/C17H26N2O/c1-19-8-2-5-16-10-14(6-7-17(16)19)11-18-12-15-4-3-9-20-13-15/h6-7,10,15,18H,2-5,8-9,11-13H2,1H3. The van der Waals surface area contributed by atoms with Gasteiger partial charge in [0.15, 0.2) is 0 Å². The molecule has 1 aromatic carbocycles. The summed E-state index contributed by atoms with van der Waals surface area (Å²) < 4.78 is 5.53. The second kappa shape index (κ2) is 6.59. The highest BCUT2D eigenvalue weighted by molar-refractivity contribution is 5.56. The molecule has 0 aliphatic carbocycles. The summed E-state index contributed by atoms with van der Waals surface area (Å²) >= 11 is 0. The number of hydrogen-bond donors (Lipinski definition) is 1. The first-order valence-corrected chi connectivity index (χ1v) is 7.94. The summed E-state index contributed by atoms with van der Waals surface area (Å²) in [5.74, 6) is 0.701. The van der Waals surface area contributed by atoms with Gasteiger partial charge in [-0.15, -0.1) is 0 Å². The third kappa shape index (κ3) is 3.33. The molecule has 0 aromatic heterocycles. The van der Waals surface area contributed by atoms with Gasteiger partial charge in [-0.1, -0.05) is 12.1 Å². The molecule has 3 rings (SSSR count). The smallest absolute Gasteiger partial charge is 0.0506 e. The highest BCUT2D eigenvalue weighted by Crippen LogP contribution is 2.26. The molecular weight excluding hydrogens is 248 g/mol. The Kier molecular flexibility index (Phi) is 4.58. The van der Waals surface area contributed by atoms with Crippen LogP contribution in [0.4, 0.5) is 5.69 Å². The zero-order chi connectivity index (χ0) is 13.8. The maximum atomic E-state index is 5.53. The van der Waals surface area contributed by atoms with E-state index in [0.717, 1.165) is 26.3 Å². The number of nitrogens with one attached hydrogen (secondary N) is 1. The molecule has 3 heteroatoms. The Balaban J connectivity index is 1.52. The van der Waals surface area contributed by atoms with E-state index in [-0.39, 0.29) is 0 Å². The van der Waals surface area contributed by atoms with E-state index in [1.54, 1.807) is 0 Å². The summed E-state index contributed by atoms with van der Waals surface area (Å²) in [6, 6.07) is 6.94. The molecule has 2 aliphatic heterocycles. The van der Waals surface area contributed by atoms with E-state index in [9.17, 15) is 0 Å². The van der Waals surface area contributed by atoms with Gasteiger partial charge in [-0.25, -0.2) is 0 Å². The van der Waals surface area contributed by atoms with E-state index in [2.05, 4.69) is 35.5 Å². The molecule has 1 atom stereocenters. The van der Waals surface area contributed by atoms with Crippen LogP contribution in [-0.4, -0.2) is 33.4 Å². The lowest BCUT2D eigenvalue weighted by atomic mass is 9.99. The van der Waals surface area contributed by atoms with Gasteiger partial charge in [0, 0.05) is 39.0 Å². The SMILES string of the molecule is CN1CCCc2cc(CNCC3CCCOC3)ccc21. The number of benzene rings is 1. The Labute approximate surface area is 122 Å². The summed E-state index contributed by atoms with van der Waals surface area (Å²) in [6.07, 6.45) is 5.03. The predicted octanol–water partition coefficient (Wildman–Crippen LogP) is 2.59. The van der Waals surface area contributed by atoms with Crippen molar-refractivity contribution in [1.29, 1.82) is 0 Å². The molecule has 3 nitrogen and oxygen atoms in total. The summed E-state index contributed by atoms with van der Waals surface area (Å²) in [5, 5.41) is 3.60. The average Bonchev–Trinajstić information content (AvgIpc) is 2.48. The first-order chi connectivity index (χ1) is 9.83. The maximum Gasteiger partial charge on any atom is 0.0506 e. The van der Waals surface area contributed by atoms with Crippen molar-refractivity contribution in [1.82, 2.24) is 5.32 Å². The van der Waals surface area contributed by atoms with E-state index < -0.39 is 0 Å². The fourth-order valence-electron chi connectivity index (χ4n) is 3.34. The molecule has 1 aromatic rings. The van der Waals surface area contributed by atoms with Gasteiger partial charge in [0.05, 0.1) is 6.61 Å². The van der Waals surface area contributed by atoms with Crippen LogP contribution in [0, 0.1) is 5.92 Å². The quantitative estimate of drug-likeness (QED) is 0.913. The molecule has 1 saturated heterocycles. The summed E-state index contributed by atoms with van der Waals surface area (Å²) in [6.45, 7) is 5.13. The van der Waals surface area contributed by atoms with Gasteiger partial charge < -0.3 is 15.0 Å². The Morgan fingerprint density at radius 2 is 2.30 bits per heavy atom. The normalized spacial score (nSPS) is 22.6. The van der Waals surface area contributed by atoms with Crippen molar-refractivity contribution in [3.8, 4) is 0 Å². The zero-order valence-electron chi connectivity index (χ0n) is 12.5. The third-order valence-electron chi connectivity index (χ3n) is 4.51. The van der Waals surface area contributed by atoms with E-state index >= 15 is 0 Å². The number of ether oxygens (including phenoxy) is 1. The highest BCUT2D eigenvalue weighted by Gasteiger charge is 2.15. The number of hydrogen-bond acceptors (Lipinski definition) is 3. The number of anilines is 1. The highest BCUT2D eigenvalue weighted by atomic mass is 16.5. The van der Waals surface area contributed by atoms with Crippen LogP contribution < -0.4 is 10.2 Å². The minimum atomic E-state index is 0.701. The largest absolute Gasteiger partial charge is 0.381 e. The number of fused-ring (bicyclic) bond motifs is 1. The van der Waals surface area contributed by atoms with Crippen LogP contribution in [0.25, 0.3) is 0 Å². The van der Waals surface area contributed by atoms with Gasteiger partial charge in [0.2, 0.25) is 0 Å². The van der Waals surface area contributed by atoms with Gasteiger partial charge in [-0.05, 0) is 48.8 Å². The molecule has 0 radical (unpaired) electrons. The van der Waals surface area contributed by atoms with E-state index in [1.807, 2.05) is 0 Å². The molecular formula is C17H26N2O. The lowest BCUT2D eigenvalue weighted by Gasteiger charge is -2.28. The van der Waals surface area contributed by atoms with Crippen LogP contribution in [0.5, 0.6) is 0 Å². The maximum absolute atomic E-state index is 5.53. The number of aryl methyl sites for hydroxylation is 1. The predicted molar refractivity (Wildman–Crippen MR) is 83.3 cm³/mol. The Hall–Kier alpha value is -1.06. The molecule has 110 valence electrons. The van der Waals surface area contributed by atoms with Crippen LogP contribution in [0.1, 0.15) is 30.4 Å². The van der Waals surface area contributed by atoms with Crippen molar-refractivity contribution in [3.63, 3.8) is 0 Å². The Morgan fingerprint density at radius 3 is 3.15 bits per heavy atom. The van der Waals surface area contributed by atoms with Gasteiger partial charge >= 0.3 is 0 Å². The van der Waals surface area contributed by atoms with Gasteiger partial charge in [-0.2, -0.15) is 0 Å². The fourth-order valence-corrected chi connectivity index (χ4v) is 3.34. The minimum Gasteiger partial charge on any atom is -0.381 e. The zero-order valence-corrected chi connectivity index (χ0v) is 12.5. The van der Waals surface area contributed by atoms with Gasteiger partial charge in [-0.3, -0.25) is 0 Å².